The summed E-state index contributed by atoms with van der Waals surface area (Å²) in [7, 11) is 0. The molecule has 0 bridgehead atoms. The molecule has 0 aliphatic carbocycles. The van der Waals surface area contributed by atoms with Crippen molar-refractivity contribution >= 4 is 17.7 Å². The SMILES string of the molecule is O=C(C=Cc1cccc([N+](=O)[O-])c1)N(Cc1ccccc1)Cc1ccco1. The van der Waals surface area contributed by atoms with Crippen LogP contribution in [0.4, 0.5) is 5.69 Å². The van der Waals surface area contributed by atoms with Crippen LogP contribution < -0.4 is 0 Å². The van der Waals surface area contributed by atoms with Crippen LogP contribution in [0.3, 0.4) is 0 Å². The molecule has 136 valence electrons. The molecule has 0 fully saturated rings. The Morgan fingerprint density at radius 1 is 1.04 bits per heavy atom. The number of rotatable bonds is 7. The standard InChI is InChI=1S/C21H18N2O4/c24-21(12-11-17-8-4-9-19(14-17)23(25)26)22(16-20-10-5-13-27-20)15-18-6-2-1-3-7-18/h1-14H,15-16H2. The fraction of sp³-hybridized carbons (Fsp3) is 0.0952. The largest absolute Gasteiger partial charge is 0.467 e. The van der Waals surface area contributed by atoms with Gasteiger partial charge in [0.2, 0.25) is 5.91 Å². The predicted octanol–water partition coefficient (Wildman–Crippen LogP) is 4.43. The van der Waals surface area contributed by atoms with Crippen molar-refractivity contribution in [3.05, 3.63) is 106 Å². The number of benzene rings is 2. The van der Waals surface area contributed by atoms with E-state index in [9.17, 15) is 14.9 Å². The number of amides is 1. The summed E-state index contributed by atoms with van der Waals surface area (Å²) in [6, 6.07) is 19.4. The fourth-order valence-corrected chi connectivity index (χ4v) is 2.62. The van der Waals surface area contributed by atoms with Crippen molar-refractivity contribution in [1.29, 1.82) is 0 Å². The maximum atomic E-state index is 12.7. The summed E-state index contributed by atoms with van der Waals surface area (Å²) in [4.78, 5) is 24.8. The summed E-state index contributed by atoms with van der Waals surface area (Å²) in [5, 5.41) is 10.9. The lowest BCUT2D eigenvalue weighted by Crippen LogP contribution is -2.28. The van der Waals surface area contributed by atoms with E-state index in [1.54, 1.807) is 35.4 Å². The predicted molar refractivity (Wildman–Crippen MR) is 102 cm³/mol. The molecule has 0 aliphatic heterocycles. The van der Waals surface area contributed by atoms with E-state index in [0.717, 1.165) is 5.56 Å². The Labute approximate surface area is 156 Å². The molecule has 0 N–H and O–H groups in total. The lowest BCUT2D eigenvalue weighted by atomic mass is 10.1. The molecule has 0 spiro atoms. The van der Waals surface area contributed by atoms with E-state index in [4.69, 9.17) is 4.42 Å². The van der Waals surface area contributed by atoms with Gasteiger partial charge in [-0.1, -0.05) is 42.5 Å². The van der Waals surface area contributed by atoms with Gasteiger partial charge < -0.3 is 9.32 Å². The van der Waals surface area contributed by atoms with Gasteiger partial charge in [0.05, 0.1) is 17.7 Å². The maximum Gasteiger partial charge on any atom is 0.270 e. The first-order valence-electron chi connectivity index (χ1n) is 8.39. The molecule has 0 radical (unpaired) electrons. The molecule has 0 unspecified atom stereocenters. The van der Waals surface area contributed by atoms with E-state index in [2.05, 4.69) is 0 Å². The number of nitro groups is 1. The van der Waals surface area contributed by atoms with Gasteiger partial charge in [0, 0.05) is 24.8 Å². The van der Waals surface area contributed by atoms with Gasteiger partial charge in [-0.2, -0.15) is 0 Å². The number of nitrogens with zero attached hydrogens (tertiary/aromatic N) is 2. The van der Waals surface area contributed by atoms with E-state index in [1.165, 1.54) is 18.2 Å². The quantitative estimate of drug-likeness (QED) is 0.354. The summed E-state index contributed by atoms with van der Waals surface area (Å²) in [5.41, 5.74) is 1.58. The number of furan rings is 1. The molecule has 1 heterocycles. The zero-order valence-electron chi connectivity index (χ0n) is 14.5. The third-order valence-corrected chi connectivity index (χ3v) is 3.95. The molecular formula is C21H18N2O4. The Bertz CT molecular complexity index is 934. The van der Waals surface area contributed by atoms with Crippen LogP contribution in [0, 0.1) is 10.1 Å². The van der Waals surface area contributed by atoms with Crippen molar-refractivity contribution in [2.75, 3.05) is 0 Å². The maximum absolute atomic E-state index is 12.7. The molecule has 27 heavy (non-hydrogen) atoms. The summed E-state index contributed by atoms with van der Waals surface area (Å²) in [6.07, 6.45) is 4.57. The molecule has 2 aromatic carbocycles. The van der Waals surface area contributed by atoms with Gasteiger partial charge in [-0.15, -0.1) is 0 Å². The highest BCUT2D eigenvalue weighted by molar-refractivity contribution is 5.91. The van der Waals surface area contributed by atoms with E-state index in [0.29, 0.717) is 24.4 Å². The third-order valence-electron chi connectivity index (χ3n) is 3.95. The van der Waals surface area contributed by atoms with Crippen molar-refractivity contribution in [2.24, 2.45) is 0 Å². The molecule has 0 saturated heterocycles. The normalized spacial score (nSPS) is 10.8. The summed E-state index contributed by atoms with van der Waals surface area (Å²) < 4.78 is 5.36. The van der Waals surface area contributed by atoms with E-state index in [1.807, 2.05) is 36.4 Å². The Hall–Kier alpha value is -3.67. The lowest BCUT2D eigenvalue weighted by Gasteiger charge is -2.20. The number of hydrogen-bond donors (Lipinski definition) is 0. The van der Waals surface area contributed by atoms with Gasteiger partial charge in [-0.3, -0.25) is 14.9 Å². The van der Waals surface area contributed by atoms with E-state index >= 15 is 0 Å². The lowest BCUT2D eigenvalue weighted by molar-refractivity contribution is -0.384. The number of nitro benzene ring substituents is 1. The molecule has 0 atom stereocenters. The first-order chi connectivity index (χ1) is 13.1. The van der Waals surface area contributed by atoms with Crippen LogP contribution in [0.5, 0.6) is 0 Å². The molecule has 6 heteroatoms. The van der Waals surface area contributed by atoms with Crippen molar-refractivity contribution < 1.29 is 14.1 Å². The highest BCUT2D eigenvalue weighted by Crippen LogP contribution is 2.15. The van der Waals surface area contributed by atoms with Gasteiger partial charge in [-0.05, 0) is 29.3 Å². The van der Waals surface area contributed by atoms with Crippen molar-refractivity contribution in [3.8, 4) is 0 Å². The Morgan fingerprint density at radius 3 is 2.56 bits per heavy atom. The van der Waals surface area contributed by atoms with Crippen LogP contribution in [0.2, 0.25) is 0 Å². The fourth-order valence-electron chi connectivity index (χ4n) is 2.62. The molecule has 0 aliphatic rings. The Balaban J connectivity index is 1.77. The van der Waals surface area contributed by atoms with Crippen LogP contribution in [-0.4, -0.2) is 15.7 Å². The van der Waals surface area contributed by atoms with E-state index < -0.39 is 4.92 Å². The average molecular weight is 362 g/mol. The molecule has 1 aromatic heterocycles. The van der Waals surface area contributed by atoms with Crippen molar-refractivity contribution in [1.82, 2.24) is 4.90 Å². The third kappa shape index (κ3) is 5.15. The van der Waals surface area contributed by atoms with Crippen molar-refractivity contribution in [3.63, 3.8) is 0 Å². The second-order valence-corrected chi connectivity index (χ2v) is 5.94. The minimum atomic E-state index is -0.461. The molecule has 3 aromatic rings. The van der Waals surface area contributed by atoms with Gasteiger partial charge in [0.15, 0.2) is 0 Å². The smallest absolute Gasteiger partial charge is 0.270 e. The van der Waals surface area contributed by atoms with Crippen LogP contribution in [-0.2, 0) is 17.9 Å². The van der Waals surface area contributed by atoms with Gasteiger partial charge in [0.1, 0.15) is 5.76 Å². The van der Waals surface area contributed by atoms with Crippen molar-refractivity contribution in [2.45, 2.75) is 13.1 Å². The zero-order chi connectivity index (χ0) is 19.1. The summed E-state index contributed by atoms with van der Waals surface area (Å²) >= 11 is 0. The number of carbonyl (C=O) groups is 1. The number of hydrogen-bond acceptors (Lipinski definition) is 4. The highest BCUT2D eigenvalue weighted by Gasteiger charge is 2.14. The first kappa shape index (κ1) is 18.1. The minimum absolute atomic E-state index is 0.0127. The zero-order valence-corrected chi connectivity index (χ0v) is 14.5. The molecule has 1 amide bonds. The van der Waals surface area contributed by atoms with Gasteiger partial charge in [-0.25, -0.2) is 0 Å². The molecule has 6 nitrogen and oxygen atoms in total. The van der Waals surface area contributed by atoms with Gasteiger partial charge >= 0.3 is 0 Å². The van der Waals surface area contributed by atoms with Crippen LogP contribution in [0.25, 0.3) is 6.08 Å². The highest BCUT2D eigenvalue weighted by atomic mass is 16.6. The summed E-state index contributed by atoms with van der Waals surface area (Å²) in [6.45, 7) is 0.764. The Morgan fingerprint density at radius 2 is 1.85 bits per heavy atom. The number of carbonyl (C=O) groups excluding carboxylic acids is 1. The molecular weight excluding hydrogens is 344 g/mol. The van der Waals surface area contributed by atoms with Gasteiger partial charge in [0.25, 0.3) is 5.69 Å². The second kappa shape index (κ2) is 8.62. The van der Waals surface area contributed by atoms with Crippen LogP contribution in [0.1, 0.15) is 16.9 Å². The topological polar surface area (TPSA) is 76.6 Å². The van der Waals surface area contributed by atoms with E-state index in [-0.39, 0.29) is 11.6 Å². The average Bonchev–Trinajstić information content (AvgIpc) is 3.20. The molecule has 3 rings (SSSR count). The Kier molecular flexibility index (Phi) is 5.79. The van der Waals surface area contributed by atoms with Crippen LogP contribution >= 0.6 is 0 Å². The first-order valence-corrected chi connectivity index (χ1v) is 8.39. The second-order valence-electron chi connectivity index (χ2n) is 5.94. The van der Waals surface area contributed by atoms with Crippen LogP contribution in [0.15, 0.2) is 83.5 Å². The number of non-ortho nitro benzene ring substituents is 1. The molecule has 0 saturated carbocycles. The monoisotopic (exact) mass is 362 g/mol. The summed E-state index contributed by atoms with van der Waals surface area (Å²) in [5.74, 6) is 0.477. The minimum Gasteiger partial charge on any atom is -0.467 e.